The Labute approximate surface area is 253 Å². The highest BCUT2D eigenvalue weighted by Crippen LogP contribution is 2.39. The molecule has 1 heterocycles. The Morgan fingerprint density at radius 2 is 1.95 bits per heavy atom. The van der Waals surface area contributed by atoms with Gasteiger partial charge in [0.15, 0.2) is 5.69 Å². The van der Waals surface area contributed by atoms with Crippen LogP contribution in [0.3, 0.4) is 0 Å². The molecule has 7 nitrogen and oxygen atoms in total. The second-order valence-electron chi connectivity index (χ2n) is 11.3. The van der Waals surface area contributed by atoms with E-state index < -0.39 is 23.8 Å². The molecular formula is C34H34F3N5O2. The summed E-state index contributed by atoms with van der Waals surface area (Å²) in [5.74, 6) is 0.709. The number of benzene rings is 3. The fourth-order valence-electron chi connectivity index (χ4n) is 5.81. The van der Waals surface area contributed by atoms with Crippen molar-refractivity contribution in [3.05, 3.63) is 113 Å². The lowest BCUT2D eigenvalue weighted by Crippen LogP contribution is -2.40. The molecule has 1 saturated carbocycles. The summed E-state index contributed by atoms with van der Waals surface area (Å²) in [4.78, 5) is 15.5. The predicted octanol–water partition coefficient (Wildman–Crippen LogP) is 6.54. The van der Waals surface area contributed by atoms with Crippen LogP contribution in [0.25, 0.3) is 10.8 Å². The number of halogens is 3. The highest BCUT2D eigenvalue weighted by atomic mass is 19.4. The maximum absolute atomic E-state index is 14.0. The van der Waals surface area contributed by atoms with Crippen LogP contribution in [-0.4, -0.2) is 42.3 Å². The zero-order valence-electron chi connectivity index (χ0n) is 24.3. The van der Waals surface area contributed by atoms with E-state index >= 15 is 0 Å². The average Bonchev–Trinajstić information content (AvgIpc) is 3.72. The molecule has 0 bridgehead atoms. The Bertz CT molecular complexity index is 1720. The Morgan fingerprint density at radius 1 is 1.14 bits per heavy atom. The maximum Gasteiger partial charge on any atom is 0.435 e. The quantitative estimate of drug-likeness (QED) is 0.192. The number of nitrogens with zero attached hydrogens (tertiary/aromatic N) is 2. The molecule has 0 radical (unpaired) electrons. The summed E-state index contributed by atoms with van der Waals surface area (Å²) in [5, 5.41) is 11.6. The van der Waals surface area contributed by atoms with Crippen molar-refractivity contribution in [1.82, 2.24) is 15.5 Å². The molecule has 2 aliphatic rings. The van der Waals surface area contributed by atoms with Gasteiger partial charge in [-0.2, -0.15) is 18.3 Å². The van der Waals surface area contributed by atoms with Crippen LogP contribution < -0.4 is 20.7 Å². The maximum atomic E-state index is 14.0. The lowest BCUT2D eigenvalue weighted by atomic mass is 9.91. The Morgan fingerprint density at radius 3 is 2.68 bits per heavy atom. The van der Waals surface area contributed by atoms with Crippen LogP contribution in [0.15, 0.2) is 90.5 Å². The number of aromatic nitrogens is 2. The standard InChI is InChI=1S/C34H34F3N5O2/c1-44-29-15-14-23-7-2-3-11-27(23)31(29)32(39-20-21-12-13-21)24-8-5-10-26(17-24)42(25-9-4-6-22(16-25)19-38)33(43)28-18-30(41-40-28)34(35,36)37/h2-8,10-11,14-18,21,25,32,39H,9,12-13,19-20,38H2,1H3,(H,40,41). The number of hydrogen-bond acceptors (Lipinski definition) is 5. The summed E-state index contributed by atoms with van der Waals surface area (Å²) >= 11 is 0. The normalized spacial score (nSPS) is 17.4. The minimum absolute atomic E-state index is 0.251. The number of carbonyl (C=O) groups excluding carboxylic acids is 1. The fourth-order valence-corrected chi connectivity index (χ4v) is 5.81. The van der Waals surface area contributed by atoms with Crippen LogP contribution in [0.2, 0.25) is 0 Å². The molecule has 1 aromatic heterocycles. The molecule has 0 aliphatic heterocycles. The summed E-state index contributed by atoms with van der Waals surface area (Å²) in [6.45, 7) is 1.08. The first-order valence-corrected chi connectivity index (χ1v) is 14.7. The summed E-state index contributed by atoms with van der Waals surface area (Å²) < 4.78 is 46.0. The summed E-state index contributed by atoms with van der Waals surface area (Å²) in [5.41, 5.74) is 7.77. The number of fused-ring (bicyclic) bond motifs is 1. The van der Waals surface area contributed by atoms with E-state index in [1.807, 2.05) is 60.7 Å². The van der Waals surface area contributed by atoms with E-state index in [1.54, 1.807) is 13.2 Å². The summed E-state index contributed by atoms with van der Waals surface area (Å²) in [6, 6.07) is 19.7. The first kappa shape index (κ1) is 29.7. The molecule has 0 saturated heterocycles. The van der Waals surface area contributed by atoms with Gasteiger partial charge >= 0.3 is 6.18 Å². The van der Waals surface area contributed by atoms with Crippen molar-refractivity contribution in [3.8, 4) is 5.75 Å². The minimum Gasteiger partial charge on any atom is -0.496 e. The van der Waals surface area contributed by atoms with Crippen LogP contribution in [0.1, 0.15) is 52.6 Å². The van der Waals surface area contributed by atoms with E-state index in [0.717, 1.165) is 45.8 Å². The Balaban J connectivity index is 1.46. The molecule has 0 spiro atoms. The number of nitrogens with two attached hydrogens (primary N) is 1. The van der Waals surface area contributed by atoms with Crippen molar-refractivity contribution >= 4 is 22.4 Å². The van der Waals surface area contributed by atoms with Crippen LogP contribution >= 0.6 is 0 Å². The third kappa shape index (κ3) is 6.13. The number of amides is 1. The van der Waals surface area contributed by atoms with E-state index in [1.165, 1.54) is 17.7 Å². The number of hydrogen-bond donors (Lipinski definition) is 3. The van der Waals surface area contributed by atoms with Gasteiger partial charge in [0.1, 0.15) is 11.4 Å². The summed E-state index contributed by atoms with van der Waals surface area (Å²) in [7, 11) is 1.65. The van der Waals surface area contributed by atoms with Crippen molar-refractivity contribution in [1.29, 1.82) is 0 Å². The third-order valence-corrected chi connectivity index (χ3v) is 8.23. The van der Waals surface area contributed by atoms with Gasteiger partial charge in [0.05, 0.1) is 19.2 Å². The van der Waals surface area contributed by atoms with E-state index in [9.17, 15) is 18.0 Å². The van der Waals surface area contributed by atoms with Crippen molar-refractivity contribution < 1.29 is 22.7 Å². The Hall–Kier alpha value is -4.41. The number of anilines is 1. The average molecular weight is 602 g/mol. The van der Waals surface area contributed by atoms with Gasteiger partial charge in [0.25, 0.3) is 5.91 Å². The third-order valence-electron chi connectivity index (χ3n) is 8.23. The van der Waals surface area contributed by atoms with Gasteiger partial charge in [0.2, 0.25) is 0 Å². The first-order chi connectivity index (χ1) is 21.3. The van der Waals surface area contributed by atoms with Crippen LogP contribution in [-0.2, 0) is 6.18 Å². The highest BCUT2D eigenvalue weighted by Gasteiger charge is 2.36. The monoisotopic (exact) mass is 601 g/mol. The number of nitrogens with one attached hydrogen (secondary N) is 2. The van der Waals surface area contributed by atoms with Gasteiger partial charge in [-0.1, -0.05) is 60.7 Å². The SMILES string of the molecule is COc1ccc2ccccc2c1C(NCC1CC1)c1cccc(N(C(=O)c2cc(C(F)(F)F)n[nH]2)C2C=C(CN)C=CC2)c1. The van der Waals surface area contributed by atoms with Gasteiger partial charge in [-0.3, -0.25) is 14.8 Å². The molecule has 228 valence electrons. The number of methoxy groups -OCH3 is 1. The molecule has 2 atom stereocenters. The molecule has 2 unspecified atom stereocenters. The molecular weight excluding hydrogens is 567 g/mol. The molecule has 44 heavy (non-hydrogen) atoms. The van der Waals surface area contributed by atoms with Crippen molar-refractivity contribution in [2.75, 3.05) is 25.1 Å². The van der Waals surface area contributed by atoms with Crippen molar-refractivity contribution in [2.24, 2.45) is 11.7 Å². The smallest absolute Gasteiger partial charge is 0.435 e. The first-order valence-electron chi connectivity index (χ1n) is 14.7. The van der Waals surface area contributed by atoms with E-state index in [4.69, 9.17) is 10.5 Å². The van der Waals surface area contributed by atoms with Gasteiger partial charge in [-0.15, -0.1) is 0 Å². The number of rotatable bonds is 10. The van der Waals surface area contributed by atoms with Crippen LogP contribution in [0.4, 0.5) is 18.9 Å². The number of aromatic amines is 1. The number of carbonyl (C=O) groups is 1. The van der Waals surface area contributed by atoms with Gasteiger partial charge in [0, 0.05) is 23.9 Å². The number of ether oxygens (including phenoxy) is 1. The van der Waals surface area contributed by atoms with Gasteiger partial charge in [-0.25, -0.2) is 0 Å². The van der Waals surface area contributed by atoms with Crippen LogP contribution in [0.5, 0.6) is 5.75 Å². The second kappa shape index (κ2) is 12.3. The van der Waals surface area contributed by atoms with Gasteiger partial charge < -0.3 is 15.8 Å². The zero-order valence-corrected chi connectivity index (χ0v) is 24.3. The molecule has 10 heteroatoms. The minimum atomic E-state index is -4.68. The van der Waals surface area contributed by atoms with Crippen molar-refractivity contribution in [2.45, 2.75) is 37.5 Å². The highest BCUT2D eigenvalue weighted by molar-refractivity contribution is 6.05. The molecule has 1 amide bonds. The lowest BCUT2D eigenvalue weighted by molar-refractivity contribution is -0.141. The molecule has 6 rings (SSSR count). The van der Waals surface area contributed by atoms with E-state index in [-0.39, 0.29) is 18.3 Å². The fraction of sp³-hybridized carbons (Fsp3) is 0.294. The van der Waals surface area contributed by atoms with E-state index in [0.29, 0.717) is 18.0 Å². The molecule has 4 aromatic rings. The zero-order chi connectivity index (χ0) is 30.8. The second-order valence-corrected chi connectivity index (χ2v) is 11.3. The lowest BCUT2D eigenvalue weighted by Gasteiger charge is -2.32. The Kier molecular flexibility index (Phi) is 8.29. The number of alkyl halides is 3. The largest absolute Gasteiger partial charge is 0.496 e. The number of H-pyrrole nitrogens is 1. The summed E-state index contributed by atoms with van der Waals surface area (Å²) in [6.07, 6.45) is 3.85. The predicted molar refractivity (Wildman–Crippen MR) is 165 cm³/mol. The molecule has 3 aromatic carbocycles. The van der Waals surface area contributed by atoms with Crippen LogP contribution in [0, 0.1) is 5.92 Å². The topological polar surface area (TPSA) is 96.3 Å². The van der Waals surface area contributed by atoms with Gasteiger partial charge in [-0.05, 0) is 71.8 Å². The molecule has 4 N–H and O–H groups in total. The van der Waals surface area contributed by atoms with Crippen molar-refractivity contribution in [3.63, 3.8) is 0 Å². The van der Waals surface area contributed by atoms with E-state index in [2.05, 4.69) is 27.6 Å². The molecule has 1 fully saturated rings. The molecule has 2 aliphatic carbocycles.